The van der Waals surface area contributed by atoms with Gasteiger partial charge >= 0.3 is 5.69 Å². The van der Waals surface area contributed by atoms with E-state index < -0.39 is 5.69 Å². The van der Waals surface area contributed by atoms with Gasteiger partial charge in [-0.05, 0) is 12.8 Å². The molecule has 0 aromatic carbocycles. The summed E-state index contributed by atoms with van der Waals surface area (Å²) < 4.78 is 3.49. The Kier molecular flexibility index (Phi) is 11.3. The quantitative estimate of drug-likeness (QED) is 0.273. The highest BCUT2D eigenvalue weighted by Crippen LogP contribution is 2.24. The third-order valence-corrected chi connectivity index (χ3v) is 6.75. The molecule has 2 aromatic heterocycles. The molecule has 0 aliphatic rings. The average Bonchev–Trinajstić information content (AvgIpc) is 3.10. The number of nitrogens with one attached hydrogen (secondary N) is 1. The topological polar surface area (TPSA) is 72.7 Å². The van der Waals surface area contributed by atoms with Gasteiger partial charge in [-0.25, -0.2) is 9.78 Å². The molecule has 0 aliphatic carbocycles. The standard InChI is InChI=1S/C23H40N4O2S/c1-4-6-8-10-12-13-15-17-27-19-20(26(3)22(29)25-21(19)28)24-23(27)30-18-16-14-11-9-7-5-2/h4-18H2,1-3H3,(H,25,28,29). The first kappa shape index (κ1) is 24.8. The van der Waals surface area contributed by atoms with Crippen LogP contribution < -0.4 is 11.2 Å². The van der Waals surface area contributed by atoms with E-state index >= 15 is 0 Å². The molecule has 0 saturated carbocycles. The molecule has 2 rings (SSSR count). The summed E-state index contributed by atoms with van der Waals surface area (Å²) in [6.45, 7) is 5.25. The summed E-state index contributed by atoms with van der Waals surface area (Å²) in [7, 11) is 1.67. The van der Waals surface area contributed by atoms with Crippen molar-refractivity contribution < 1.29 is 0 Å². The maximum Gasteiger partial charge on any atom is 0.329 e. The largest absolute Gasteiger partial charge is 0.329 e. The van der Waals surface area contributed by atoms with Gasteiger partial charge in [0.2, 0.25) is 0 Å². The van der Waals surface area contributed by atoms with Crippen molar-refractivity contribution in [2.45, 2.75) is 109 Å². The molecule has 170 valence electrons. The van der Waals surface area contributed by atoms with Crippen molar-refractivity contribution >= 4 is 22.9 Å². The monoisotopic (exact) mass is 436 g/mol. The van der Waals surface area contributed by atoms with E-state index in [4.69, 9.17) is 0 Å². The number of fused-ring (bicyclic) bond motifs is 1. The van der Waals surface area contributed by atoms with Crippen molar-refractivity contribution in [3.05, 3.63) is 20.8 Å². The summed E-state index contributed by atoms with van der Waals surface area (Å²) >= 11 is 1.72. The fourth-order valence-corrected chi connectivity index (χ4v) is 4.83. The first-order chi connectivity index (χ1) is 14.6. The minimum atomic E-state index is -0.402. The summed E-state index contributed by atoms with van der Waals surface area (Å²) in [6, 6.07) is 0. The van der Waals surface area contributed by atoms with Crippen LogP contribution in [0.3, 0.4) is 0 Å². The van der Waals surface area contributed by atoms with Gasteiger partial charge in [-0.1, -0.05) is 96.2 Å². The Hall–Kier alpha value is -1.50. The van der Waals surface area contributed by atoms with Crippen LogP contribution in [0, 0.1) is 0 Å². The second-order valence-electron chi connectivity index (χ2n) is 8.27. The maximum atomic E-state index is 12.5. The van der Waals surface area contributed by atoms with Crippen LogP contribution in [0.1, 0.15) is 97.3 Å². The molecule has 7 heteroatoms. The minimum Gasteiger partial charge on any atom is -0.313 e. The number of aromatic amines is 1. The Balaban J connectivity index is 2.02. The van der Waals surface area contributed by atoms with E-state index in [1.54, 1.807) is 18.8 Å². The Morgan fingerprint density at radius 2 is 1.40 bits per heavy atom. The molecule has 0 saturated heterocycles. The van der Waals surface area contributed by atoms with Gasteiger partial charge in [0, 0.05) is 19.3 Å². The summed E-state index contributed by atoms with van der Waals surface area (Å²) in [6.07, 6.45) is 16.2. The van der Waals surface area contributed by atoms with Gasteiger partial charge in [0.15, 0.2) is 16.3 Å². The van der Waals surface area contributed by atoms with Crippen LogP contribution in [0.15, 0.2) is 14.7 Å². The summed E-state index contributed by atoms with van der Waals surface area (Å²) in [5, 5.41) is 0.872. The van der Waals surface area contributed by atoms with E-state index in [0.717, 1.165) is 36.7 Å². The average molecular weight is 437 g/mol. The van der Waals surface area contributed by atoms with E-state index in [1.807, 2.05) is 4.57 Å². The molecule has 0 bridgehead atoms. The molecule has 0 radical (unpaired) electrons. The normalized spacial score (nSPS) is 11.6. The van der Waals surface area contributed by atoms with Crippen LogP contribution in [0.2, 0.25) is 0 Å². The fraction of sp³-hybridized carbons (Fsp3) is 0.783. The number of unbranched alkanes of at least 4 members (excludes halogenated alkanes) is 11. The van der Waals surface area contributed by atoms with Crippen molar-refractivity contribution in [2.75, 3.05) is 5.75 Å². The van der Waals surface area contributed by atoms with E-state index in [1.165, 1.54) is 68.8 Å². The predicted molar refractivity (Wildman–Crippen MR) is 128 cm³/mol. The molecule has 0 amide bonds. The zero-order valence-electron chi connectivity index (χ0n) is 19.2. The molecule has 0 spiro atoms. The van der Waals surface area contributed by atoms with E-state index in [0.29, 0.717) is 11.2 Å². The highest BCUT2D eigenvalue weighted by atomic mass is 32.2. The molecule has 0 fully saturated rings. The highest BCUT2D eigenvalue weighted by Gasteiger charge is 2.17. The van der Waals surface area contributed by atoms with Gasteiger partial charge in [-0.3, -0.25) is 14.3 Å². The van der Waals surface area contributed by atoms with Gasteiger partial charge in [0.25, 0.3) is 5.56 Å². The second kappa shape index (κ2) is 13.7. The van der Waals surface area contributed by atoms with Crippen LogP contribution >= 0.6 is 11.8 Å². The molecule has 0 unspecified atom stereocenters. The molecule has 2 heterocycles. The van der Waals surface area contributed by atoms with Crippen LogP contribution in [0.4, 0.5) is 0 Å². The number of rotatable bonds is 16. The molecule has 1 N–H and O–H groups in total. The minimum absolute atomic E-state index is 0.324. The number of hydrogen-bond acceptors (Lipinski definition) is 4. The van der Waals surface area contributed by atoms with Crippen LogP contribution in [-0.4, -0.2) is 24.9 Å². The number of aryl methyl sites for hydroxylation is 2. The lowest BCUT2D eigenvalue weighted by molar-refractivity contribution is 0.538. The number of H-pyrrole nitrogens is 1. The molecular formula is C23H40N4O2S. The lowest BCUT2D eigenvalue weighted by Gasteiger charge is -2.09. The third kappa shape index (κ3) is 7.33. The summed E-state index contributed by atoms with van der Waals surface area (Å²) in [4.78, 5) is 31.7. The van der Waals surface area contributed by atoms with Crippen molar-refractivity contribution in [1.29, 1.82) is 0 Å². The van der Waals surface area contributed by atoms with Gasteiger partial charge < -0.3 is 4.57 Å². The predicted octanol–water partition coefficient (Wildman–Crippen LogP) is 5.63. The smallest absolute Gasteiger partial charge is 0.313 e. The van der Waals surface area contributed by atoms with Crippen LogP contribution in [0.25, 0.3) is 11.2 Å². The fourth-order valence-electron chi connectivity index (χ4n) is 3.81. The zero-order chi connectivity index (χ0) is 21.8. The SMILES string of the molecule is CCCCCCCCCn1c(SCCCCCCCC)nc2c1c(=O)[nH]c(=O)n2C. The number of hydrogen-bond donors (Lipinski definition) is 1. The highest BCUT2D eigenvalue weighted by molar-refractivity contribution is 7.99. The Labute approximate surface area is 184 Å². The molecule has 0 atom stereocenters. The number of imidazole rings is 1. The lowest BCUT2D eigenvalue weighted by atomic mass is 10.1. The molecule has 2 aromatic rings. The second-order valence-corrected chi connectivity index (χ2v) is 9.34. The molecular weight excluding hydrogens is 396 g/mol. The molecule has 6 nitrogen and oxygen atoms in total. The Bertz CT molecular complexity index is 868. The Morgan fingerprint density at radius 3 is 2.03 bits per heavy atom. The van der Waals surface area contributed by atoms with Gasteiger partial charge in [-0.2, -0.15) is 0 Å². The van der Waals surface area contributed by atoms with Gasteiger partial charge in [0.05, 0.1) is 0 Å². The first-order valence-corrected chi connectivity index (χ1v) is 12.9. The maximum absolute atomic E-state index is 12.5. The van der Waals surface area contributed by atoms with Gasteiger partial charge in [0.1, 0.15) is 0 Å². The zero-order valence-corrected chi connectivity index (χ0v) is 20.0. The van der Waals surface area contributed by atoms with E-state index in [-0.39, 0.29) is 5.56 Å². The summed E-state index contributed by atoms with van der Waals surface area (Å²) in [5.41, 5.74) is 0.307. The third-order valence-electron chi connectivity index (χ3n) is 5.69. The Morgan fingerprint density at radius 1 is 0.833 bits per heavy atom. The van der Waals surface area contributed by atoms with Crippen molar-refractivity contribution in [3.8, 4) is 0 Å². The van der Waals surface area contributed by atoms with Crippen molar-refractivity contribution in [2.24, 2.45) is 7.05 Å². The van der Waals surface area contributed by atoms with E-state index in [9.17, 15) is 9.59 Å². The van der Waals surface area contributed by atoms with Crippen molar-refractivity contribution in [1.82, 2.24) is 19.1 Å². The summed E-state index contributed by atoms with van der Waals surface area (Å²) in [5.74, 6) is 0.998. The molecule has 30 heavy (non-hydrogen) atoms. The van der Waals surface area contributed by atoms with Gasteiger partial charge in [-0.15, -0.1) is 0 Å². The number of aromatic nitrogens is 4. The number of nitrogens with zero attached hydrogens (tertiary/aromatic N) is 3. The number of thioether (sulfide) groups is 1. The van der Waals surface area contributed by atoms with Crippen LogP contribution in [0.5, 0.6) is 0 Å². The van der Waals surface area contributed by atoms with Crippen molar-refractivity contribution in [3.63, 3.8) is 0 Å². The molecule has 0 aliphatic heterocycles. The first-order valence-electron chi connectivity index (χ1n) is 11.9. The lowest BCUT2D eigenvalue weighted by Crippen LogP contribution is -2.29. The van der Waals surface area contributed by atoms with E-state index in [2.05, 4.69) is 23.8 Å². The van der Waals surface area contributed by atoms with Crippen LogP contribution in [-0.2, 0) is 13.6 Å².